The fourth-order valence-electron chi connectivity index (χ4n) is 5.08. The zero-order valence-corrected chi connectivity index (χ0v) is 15.5. The Labute approximate surface area is 145 Å². The Morgan fingerprint density at radius 2 is 1.79 bits per heavy atom. The third-order valence-corrected chi connectivity index (χ3v) is 6.68. The van der Waals surface area contributed by atoms with Crippen molar-refractivity contribution in [1.82, 2.24) is 14.9 Å². The van der Waals surface area contributed by atoms with Crippen LogP contribution < -0.4 is 5.56 Å². The van der Waals surface area contributed by atoms with Crippen LogP contribution in [0.1, 0.15) is 82.8 Å². The van der Waals surface area contributed by atoms with E-state index in [0.717, 1.165) is 36.0 Å². The maximum Gasteiger partial charge on any atom is 0.254 e. The second-order valence-corrected chi connectivity index (χ2v) is 9.25. The van der Waals surface area contributed by atoms with Crippen LogP contribution in [0.4, 0.5) is 0 Å². The number of rotatable bonds is 1. The van der Waals surface area contributed by atoms with Crippen molar-refractivity contribution >= 4 is 0 Å². The molecule has 1 aromatic heterocycles. The molecule has 1 saturated carbocycles. The summed E-state index contributed by atoms with van der Waals surface area (Å²) in [5.41, 5.74) is 2.28. The molecular formula is C20H31N3O. The number of nitrogens with one attached hydrogen (secondary N) is 1. The van der Waals surface area contributed by atoms with Crippen LogP contribution in [0.2, 0.25) is 0 Å². The van der Waals surface area contributed by atoms with Crippen LogP contribution in [0.15, 0.2) is 4.79 Å². The van der Waals surface area contributed by atoms with Gasteiger partial charge >= 0.3 is 0 Å². The van der Waals surface area contributed by atoms with E-state index in [-0.39, 0.29) is 16.4 Å². The highest BCUT2D eigenvalue weighted by Crippen LogP contribution is 2.45. The number of piperidine rings is 1. The summed E-state index contributed by atoms with van der Waals surface area (Å²) in [7, 11) is 0. The average molecular weight is 329 g/mol. The van der Waals surface area contributed by atoms with Crippen molar-refractivity contribution in [3.63, 3.8) is 0 Å². The number of likely N-dealkylation sites (tertiary alicyclic amines) is 1. The van der Waals surface area contributed by atoms with Gasteiger partial charge in [0.2, 0.25) is 0 Å². The first-order chi connectivity index (χ1) is 11.4. The predicted molar refractivity (Wildman–Crippen MR) is 96.6 cm³/mol. The monoisotopic (exact) mass is 329 g/mol. The zero-order valence-electron chi connectivity index (χ0n) is 15.5. The number of hydrogen-bond donors (Lipinski definition) is 1. The van der Waals surface area contributed by atoms with Gasteiger partial charge in [-0.15, -0.1) is 0 Å². The Morgan fingerprint density at radius 3 is 2.42 bits per heavy atom. The van der Waals surface area contributed by atoms with Crippen molar-refractivity contribution in [2.24, 2.45) is 0 Å². The lowest BCUT2D eigenvalue weighted by Crippen LogP contribution is -2.46. The van der Waals surface area contributed by atoms with Crippen LogP contribution in [0.25, 0.3) is 0 Å². The molecule has 2 aliphatic carbocycles. The molecule has 0 radical (unpaired) electrons. The molecule has 1 aliphatic heterocycles. The standard InChI is InChI=1S/C20H31N3O/c1-19(2,3)18-21-16-15(17(24)22-18)8-9-20(16)10-12-23(13-11-20)14-6-4-5-7-14/h14H,4-13H2,1-3H3,(H,21,22,24). The van der Waals surface area contributed by atoms with Gasteiger partial charge in [-0.1, -0.05) is 33.6 Å². The summed E-state index contributed by atoms with van der Waals surface area (Å²) < 4.78 is 0. The average Bonchev–Trinajstić information content (AvgIpc) is 3.17. The first kappa shape index (κ1) is 16.3. The maximum atomic E-state index is 12.6. The zero-order chi connectivity index (χ0) is 16.9. The van der Waals surface area contributed by atoms with Crippen LogP contribution in [-0.4, -0.2) is 34.0 Å². The minimum absolute atomic E-state index is 0.109. The first-order valence-electron chi connectivity index (χ1n) is 9.77. The number of hydrogen-bond acceptors (Lipinski definition) is 3. The minimum Gasteiger partial charge on any atom is -0.310 e. The normalized spacial score (nSPS) is 24.6. The fourth-order valence-corrected chi connectivity index (χ4v) is 5.08. The first-order valence-corrected chi connectivity index (χ1v) is 9.77. The molecule has 1 aromatic rings. The van der Waals surface area contributed by atoms with E-state index < -0.39 is 0 Å². The summed E-state index contributed by atoms with van der Waals surface area (Å²) in [4.78, 5) is 23.3. The van der Waals surface area contributed by atoms with Crippen LogP contribution >= 0.6 is 0 Å². The third kappa shape index (κ3) is 2.63. The molecule has 2 fully saturated rings. The Balaban J connectivity index is 1.62. The van der Waals surface area contributed by atoms with Crippen molar-refractivity contribution in [1.29, 1.82) is 0 Å². The summed E-state index contributed by atoms with van der Waals surface area (Å²) in [6.45, 7) is 8.75. The predicted octanol–water partition coefficient (Wildman–Crippen LogP) is 3.29. The number of H-pyrrole nitrogens is 1. The fraction of sp³-hybridized carbons (Fsp3) is 0.800. The van der Waals surface area contributed by atoms with Crippen molar-refractivity contribution in [2.75, 3.05) is 13.1 Å². The molecule has 0 amide bonds. The Kier molecular flexibility index (Phi) is 3.87. The Morgan fingerprint density at radius 1 is 1.12 bits per heavy atom. The van der Waals surface area contributed by atoms with E-state index in [2.05, 4.69) is 30.7 Å². The molecule has 1 N–H and O–H groups in total. The second kappa shape index (κ2) is 5.69. The highest BCUT2D eigenvalue weighted by atomic mass is 16.1. The van der Waals surface area contributed by atoms with E-state index in [1.165, 1.54) is 51.6 Å². The Hall–Kier alpha value is -1.16. The summed E-state index contributed by atoms with van der Waals surface area (Å²) in [5, 5.41) is 0. The van der Waals surface area contributed by atoms with Crippen LogP contribution in [0, 0.1) is 0 Å². The van der Waals surface area contributed by atoms with E-state index in [9.17, 15) is 4.79 Å². The topological polar surface area (TPSA) is 49.0 Å². The third-order valence-electron chi connectivity index (χ3n) is 6.68. The Bertz CT molecular complexity index is 671. The molecule has 132 valence electrons. The summed E-state index contributed by atoms with van der Waals surface area (Å²) >= 11 is 0. The molecule has 0 bridgehead atoms. The van der Waals surface area contributed by atoms with E-state index in [4.69, 9.17) is 4.98 Å². The van der Waals surface area contributed by atoms with Gasteiger partial charge in [0.1, 0.15) is 5.82 Å². The molecule has 0 unspecified atom stereocenters. The highest BCUT2D eigenvalue weighted by molar-refractivity contribution is 5.34. The molecule has 1 spiro atoms. The molecular weight excluding hydrogens is 298 g/mol. The van der Waals surface area contributed by atoms with Gasteiger partial charge in [0, 0.05) is 22.4 Å². The lowest BCUT2D eigenvalue weighted by molar-refractivity contribution is 0.114. The molecule has 4 nitrogen and oxygen atoms in total. The maximum absolute atomic E-state index is 12.6. The highest BCUT2D eigenvalue weighted by Gasteiger charge is 2.45. The van der Waals surface area contributed by atoms with Gasteiger partial charge in [-0.25, -0.2) is 4.98 Å². The second-order valence-electron chi connectivity index (χ2n) is 9.25. The van der Waals surface area contributed by atoms with Gasteiger partial charge in [0.05, 0.1) is 5.69 Å². The molecule has 0 atom stereocenters. The van der Waals surface area contributed by atoms with E-state index in [0.29, 0.717) is 0 Å². The van der Waals surface area contributed by atoms with E-state index >= 15 is 0 Å². The molecule has 1 saturated heterocycles. The molecule has 4 rings (SSSR count). The van der Waals surface area contributed by atoms with Gasteiger partial charge in [0.25, 0.3) is 5.56 Å². The molecule has 24 heavy (non-hydrogen) atoms. The van der Waals surface area contributed by atoms with Gasteiger partial charge in [-0.2, -0.15) is 0 Å². The molecule has 4 heteroatoms. The lowest BCUT2D eigenvalue weighted by Gasteiger charge is -2.42. The van der Waals surface area contributed by atoms with E-state index in [1.54, 1.807) is 0 Å². The largest absolute Gasteiger partial charge is 0.310 e. The summed E-state index contributed by atoms with van der Waals surface area (Å²) in [6.07, 6.45) is 9.95. The lowest BCUT2D eigenvalue weighted by atomic mass is 9.75. The van der Waals surface area contributed by atoms with Crippen LogP contribution in [-0.2, 0) is 17.3 Å². The molecule has 2 heterocycles. The smallest absolute Gasteiger partial charge is 0.254 e. The SMILES string of the molecule is CC(C)(C)c1nc2c(c(=O)[nH]1)CCC21CCN(C2CCCC2)CC1. The van der Waals surface area contributed by atoms with Crippen molar-refractivity contribution in [3.8, 4) is 0 Å². The molecule has 3 aliphatic rings. The van der Waals surface area contributed by atoms with Gasteiger partial charge in [-0.05, 0) is 51.6 Å². The number of aromatic amines is 1. The minimum atomic E-state index is -0.109. The van der Waals surface area contributed by atoms with Gasteiger partial charge in [0.15, 0.2) is 0 Å². The van der Waals surface area contributed by atoms with Crippen molar-refractivity contribution < 1.29 is 0 Å². The van der Waals surface area contributed by atoms with Crippen molar-refractivity contribution in [2.45, 2.75) is 89.0 Å². The van der Waals surface area contributed by atoms with Crippen LogP contribution in [0.3, 0.4) is 0 Å². The number of nitrogens with zero attached hydrogens (tertiary/aromatic N) is 2. The number of aromatic nitrogens is 2. The summed E-state index contributed by atoms with van der Waals surface area (Å²) in [5.74, 6) is 0.853. The quantitative estimate of drug-likeness (QED) is 0.860. The number of fused-ring (bicyclic) bond motifs is 2. The van der Waals surface area contributed by atoms with Crippen LogP contribution in [0.5, 0.6) is 0 Å². The van der Waals surface area contributed by atoms with Gasteiger partial charge in [-0.3, -0.25) is 4.79 Å². The van der Waals surface area contributed by atoms with Gasteiger partial charge < -0.3 is 9.88 Å². The summed E-state index contributed by atoms with van der Waals surface area (Å²) in [6, 6.07) is 0.820. The molecule has 0 aromatic carbocycles. The van der Waals surface area contributed by atoms with Crippen molar-refractivity contribution in [3.05, 3.63) is 27.4 Å². The van der Waals surface area contributed by atoms with E-state index in [1.807, 2.05) is 0 Å².